The van der Waals surface area contributed by atoms with Crippen LogP contribution in [-0.2, 0) is 23.8 Å². The van der Waals surface area contributed by atoms with Crippen molar-refractivity contribution in [1.29, 1.82) is 0 Å². The number of carbonyl (C=O) groups excluding carboxylic acids is 2. The Morgan fingerprint density at radius 1 is 0.424 bits per heavy atom. The Balaban J connectivity index is 1.86. The fourth-order valence-corrected chi connectivity index (χ4v) is 12.3. The Labute approximate surface area is 525 Å². The summed E-state index contributed by atoms with van der Waals surface area (Å²) in [6.45, 7) is 4.37. The number of hydrogen-bond donors (Lipinski definition) is 6. The van der Waals surface area contributed by atoms with E-state index in [1.807, 2.05) is 6.08 Å². The van der Waals surface area contributed by atoms with Crippen molar-refractivity contribution < 1.29 is 49.3 Å². The number of esters is 1. The third kappa shape index (κ3) is 52.8. The molecule has 7 atom stereocenters. The van der Waals surface area contributed by atoms with Crippen LogP contribution in [0.5, 0.6) is 0 Å². The molecule has 0 aromatic carbocycles. The van der Waals surface area contributed by atoms with Gasteiger partial charge in [-0.05, 0) is 32.1 Å². The second-order valence-corrected chi connectivity index (χ2v) is 26.4. The van der Waals surface area contributed by atoms with E-state index in [9.17, 15) is 35.1 Å². The van der Waals surface area contributed by atoms with Gasteiger partial charge in [0, 0.05) is 12.8 Å². The summed E-state index contributed by atoms with van der Waals surface area (Å²) in [5, 5.41) is 54.3. The van der Waals surface area contributed by atoms with Gasteiger partial charge in [-0.1, -0.05) is 353 Å². The predicted molar refractivity (Wildman–Crippen MR) is 357 cm³/mol. The monoisotopic (exact) mass is 1210 g/mol. The normalized spacial score (nSPS) is 17.9. The molecule has 0 saturated carbocycles. The molecular weight excluding hydrogens is 1060 g/mol. The lowest BCUT2D eigenvalue weighted by atomic mass is 9.99. The van der Waals surface area contributed by atoms with Gasteiger partial charge in [0.25, 0.3) is 0 Å². The lowest BCUT2D eigenvalue weighted by molar-refractivity contribution is -0.302. The van der Waals surface area contributed by atoms with E-state index in [0.717, 1.165) is 51.4 Å². The van der Waals surface area contributed by atoms with Crippen molar-refractivity contribution in [2.45, 2.75) is 429 Å². The quantitative estimate of drug-likeness (QED) is 0.0195. The molecule has 1 heterocycles. The summed E-state index contributed by atoms with van der Waals surface area (Å²) in [7, 11) is 0. The Bertz CT molecular complexity index is 1420. The van der Waals surface area contributed by atoms with Crippen LogP contribution in [0, 0.1) is 0 Å². The fraction of sp³-hybridized carbons (Fsp3) is 0.946. The summed E-state index contributed by atoms with van der Waals surface area (Å²) in [4.78, 5) is 25.1. The number of unbranched alkanes of at least 4 members (excludes halogenated alkanes) is 53. The highest BCUT2D eigenvalue weighted by atomic mass is 16.7. The first kappa shape index (κ1) is 81.4. The lowest BCUT2D eigenvalue weighted by Gasteiger charge is -2.40. The molecule has 504 valence electrons. The fourth-order valence-electron chi connectivity index (χ4n) is 12.3. The number of aliphatic hydroxyl groups is 5. The Hall–Kier alpha value is -1.60. The van der Waals surface area contributed by atoms with Gasteiger partial charge in [-0.25, -0.2) is 0 Å². The highest BCUT2D eigenvalue weighted by molar-refractivity contribution is 5.76. The molecule has 85 heavy (non-hydrogen) atoms. The largest absolute Gasteiger partial charge is 0.466 e. The highest BCUT2D eigenvalue weighted by Crippen LogP contribution is 2.24. The highest BCUT2D eigenvalue weighted by Gasteiger charge is 2.44. The van der Waals surface area contributed by atoms with Gasteiger partial charge >= 0.3 is 5.97 Å². The Kier molecular flexibility index (Phi) is 61.2. The molecule has 6 N–H and O–H groups in total. The number of rotatable bonds is 67. The van der Waals surface area contributed by atoms with Gasteiger partial charge in [-0.2, -0.15) is 0 Å². The molecule has 1 amide bonds. The SMILES string of the molecule is CCCCCCCCC/C=C/C(O)C(COC1OC(CO)C(O)C(O)C1O)NC(=O)CCCCCCCCCCCCCCCCCCCCCCCCCCCCCCCCCCCCCOC(=O)CCCCCCCCCCCCCCC. The van der Waals surface area contributed by atoms with Crippen LogP contribution in [0.1, 0.15) is 386 Å². The molecule has 0 aliphatic carbocycles. The van der Waals surface area contributed by atoms with Gasteiger partial charge in [0.05, 0.1) is 32.0 Å². The molecule has 1 saturated heterocycles. The van der Waals surface area contributed by atoms with Crippen molar-refractivity contribution in [3.8, 4) is 0 Å². The minimum Gasteiger partial charge on any atom is -0.466 e. The maximum Gasteiger partial charge on any atom is 0.305 e. The standard InChI is InChI=1S/C74H143NO10/c1-3-5-7-9-11-13-14-38-42-46-50-54-58-62-70(79)83-63-59-55-51-47-43-40-37-35-33-31-29-27-25-23-21-19-17-15-16-18-20-22-24-26-28-30-32-34-36-39-41-45-49-53-57-61-69(78)75-66(67(77)60-56-52-48-44-12-10-8-6-4-2)65-84-74-73(82)72(81)71(80)68(64-76)85-74/h56,60,66-68,71-74,76-77,80-82H,3-55,57-59,61-65H2,1-2H3,(H,75,78)/b60-56+. The van der Waals surface area contributed by atoms with Crippen LogP contribution in [0.2, 0.25) is 0 Å². The van der Waals surface area contributed by atoms with E-state index < -0.39 is 49.5 Å². The Morgan fingerprint density at radius 3 is 1.09 bits per heavy atom. The zero-order valence-electron chi connectivity index (χ0n) is 56.1. The number of hydrogen-bond acceptors (Lipinski definition) is 10. The van der Waals surface area contributed by atoms with Crippen LogP contribution in [0.25, 0.3) is 0 Å². The molecule has 1 fully saturated rings. The number of allylic oxidation sites excluding steroid dienone is 1. The topological polar surface area (TPSA) is 175 Å². The van der Waals surface area contributed by atoms with Gasteiger partial charge < -0.3 is 45.1 Å². The van der Waals surface area contributed by atoms with Crippen LogP contribution >= 0.6 is 0 Å². The lowest BCUT2D eigenvalue weighted by Crippen LogP contribution is -2.60. The van der Waals surface area contributed by atoms with Crippen molar-refractivity contribution >= 4 is 11.9 Å². The van der Waals surface area contributed by atoms with Gasteiger partial charge in [0.15, 0.2) is 6.29 Å². The number of ether oxygens (including phenoxy) is 3. The summed E-state index contributed by atoms with van der Waals surface area (Å²) in [5.41, 5.74) is 0. The molecule has 0 bridgehead atoms. The second-order valence-electron chi connectivity index (χ2n) is 26.4. The third-order valence-corrected chi connectivity index (χ3v) is 18.2. The summed E-state index contributed by atoms with van der Waals surface area (Å²) < 4.78 is 16.7. The zero-order chi connectivity index (χ0) is 61.6. The van der Waals surface area contributed by atoms with Crippen molar-refractivity contribution in [1.82, 2.24) is 5.32 Å². The Morgan fingerprint density at radius 2 is 0.741 bits per heavy atom. The second kappa shape index (κ2) is 63.9. The van der Waals surface area contributed by atoms with E-state index in [0.29, 0.717) is 19.4 Å². The van der Waals surface area contributed by atoms with Gasteiger partial charge in [-0.3, -0.25) is 9.59 Å². The summed E-state index contributed by atoms with van der Waals surface area (Å²) in [5.74, 6) is -0.158. The van der Waals surface area contributed by atoms with Crippen LogP contribution in [0.4, 0.5) is 0 Å². The van der Waals surface area contributed by atoms with E-state index in [4.69, 9.17) is 14.2 Å². The van der Waals surface area contributed by atoms with E-state index in [2.05, 4.69) is 19.2 Å². The molecule has 0 radical (unpaired) electrons. The van der Waals surface area contributed by atoms with Crippen molar-refractivity contribution in [2.24, 2.45) is 0 Å². The van der Waals surface area contributed by atoms with Crippen LogP contribution < -0.4 is 5.32 Å². The van der Waals surface area contributed by atoms with Crippen LogP contribution in [0.3, 0.4) is 0 Å². The first-order valence-corrected chi connectivity index (χ1v) is 37.5. The molecule has 1 aliphatic heterocycles. The first-order valence-electron chi connectivity index (χ1n) is 37.5. The maximum atomic E-state index is 13.0. The summed E-state index contributed by atoms with van der Waals surface area (Å²) >= 11 is 0. The van der Waals surface area contributed by atoms with E-state index in [1.165, 1.54) is 308 Å². The van der Waals surface area contributed by atoms with Crippen molar-refractivity contribution in [3.63, 3.8) is 0 Å². The smallest absolute Gasteiger partial charge is 0.305 e. The average molecular weight is 1210 g/mol. The van der Waals surface area contributed by atoms with Gasteiger partial charge in [-0.15, -0.1) is 0 Å². The molecule has 0 aromatic rings. The molecule has 11 nitrogen and oxygen atoms in total. The molecule has 0 spiro atoms. The number of carbonyl (C=O) groups is 2. The molecule has 0 aromatic heterocycles. The number of amides is 1. The van der Waals surface area contributed by atoms with E-state index >= 15 is 0 Å². The molecule has 7 unspecified atom stereocenters. The van der Waals surface area contributed by atoms with Gasteiger partial charge in [0.1, 0.15) is 24.4 Å². The minimum absolute atomic E-state index is 0.0183. The molecule has 1 rings (SSSR count). The van der Waals surface area contributed by atoms with Crippen molar-refractivity contribution in [2.75, 3.05) is 19.8 Å². The average Bonchev–Trinajstić information content (AvgIpc) is 3.17. The summed E-state index contributed by atoms with van der Waals surface area (Å²) in [6, 6.07) is -0.803. The summed E-state index contributed by atoms with van der Waals surface area (Å²) in [6.07, 6.45) is 69.6. The maximum absolute atomic E-state index is 13.0. The molecular formula is C74H143NO10. The van der Waals surface area contributed by atoms with Gasteiger partial charge in [0.2, 0.25) is 5.91 Å². The van der Waals surface area contributed by atoms with E-state index in [1.54, 1.807) is 6.08 Å². The van der Waals surface area contributed by atoms with Crippen molar-refractivity contribution in [3.05, 3.63) is 12.2 Å². The van der Waals surface area contributed by atoms with E-state index in [-0.39, 0.29) is 18.5 Å². The number of aliphatic hydroxyl groups excluding tert-OH is 5. The predicted octanol–water partition coefficient (Wildman–Crippen LogP) is 19.4. The first-order chi connectivity index (χ1) is 41.7. The molecule has 11 heteroatoms. The zero-order valence-corrected chi connectivity index (χ0v) is 56.1. The van der Waals surface area contributed by atoms with Crippen LogP contribution in [-0.4, -0.2) is 100 Å². The van der Waals surface area contributed by atoms with Crippen LogP contribution in [0.15, 0.2) is 12.2 Å². The molecule has 1 aliphatic rings. The third-order valence-electron chi connectivity index (χ3n) is 18.2. The minimum atomic E-state index is -1.57. The number of nitrogens with one attached hydrogen (secondary N) is 1.